The van der Waals surface area contributed by atoms with Crippen LogP contribution in [-0.4, -0.2) is 31.6 Å². The van der Waals surface area contributed by atoms with Crippen LogP contribution in [0, 0.1) is 11.8 Å². The lowest BCUT2D eigenvalue weighted by atomic mass is 10.0. The predicted molar refractivity (Wildman–Crippen MR) is 61.6 cm³/mol. The van der Waals surface area contributed by atoms with Gasteiger partial charge in [0.1, 0.15) is 6.04 Å². The van der Waals surface area contributed by atoms with E-state index in [2.05, 4.69) is 10.1 Å². The Bertz CT molecular complexity index is 241. The van der Waals surface area contributed by atoms with E-state index < -0.39 is 12.0 Å². The maximum absolute atomic E-state index is 11.6. The average molecular weight is 230 g/mol. The van der Waals surface area contributed by atoms with E-state index in [1.165, 1.54) is 7.11 Å². The van der Waals surface area contributed by atoms with Gasteiger partial charge in [0, 0.05) is 12.5 Å². The second-order valence-electron chi connectivity index (χ2n) is 4.35. The van der Waals surface area contributed by atoms with Crippen molar-refractivity contribution in [3.8, 4) is 0 Å². The lowest BCUT2D eigenvalue weighted by Crippen LogP contribution is -2.45. The summed E-state index contributed by atoms with van der Waals surface area (Å²) in [5.74, 6) is -0.610. The van der Waals surface area contributed by atoms with E-state index in [1.807, 2.05) is 13.8 Å². The van der Waals surface area contributed by atoms with Crippen molar-refractivity contribution in [1.82, 2.24) is 5.32 Å². The first-order valence-electron chi connectivity index (χ1n) is 5.50. The lowest BCUT2D eigenvalue weighted by molar-refractivity contribution is -0.146. The molecule has 16 heavy (non-hydrogen) atoms. The first-order chi connectivity index (χ1) is 7.42. The number of methoxy groups -OCH3 is 1. The van der Waals surface area contributed by atoms with E-state index in [0.717, 1.165) is 0 Å². The number of hydrogen-bond donors (Lipinski definition) is 2. The highest BCUT2D eigenvalue weighted by Gasteiger charge is 2.24. The third kappa shape index (κ3) is 5.11. The summed E-state index contributed by atoms with van der Waals surface area (Å²) in [6.45, 7) is 5.95. The van der Waals surface area contributed by atoms with Crippen LogP contribution in [0.5, 0.6) is 0 Å². The van der Waals surface area contributed by atoms with Gasteiger partial charge in [-0.2, -0.15) is 0 Å². The molecule has 0 radical (unpaired) electrons. The van der Waals surface area contributed by atoms with Crippen LogP contribution in [0.25, 0.3) is 0 Å². The second kappa shape index (κ2) is 7.22. The minimum atomic E-state index is -0.577. The Morgan fingerprint density at radius 3 is 2.25 bits per heavy atom. The molecule has 94 valence electrons. The Balaban J connectivity index is 4.42. The van der Waals surface area contributed by atoms with E-state index in [-0.39, 0.29) is 18.4 Å². The summed E-state index contributed by atoms with van der Waals surface area (Å²) in [4.78, 5) is 23.0. The molecule has 1 amide bonds. The van der Waals surface area contributed by atoms with Gasteiger partial charge in [-0.25, -0.2) is 4.79 Å². The molecular formula is C11H22N2O3. The average Bonchev–Trinajstić information content (AvgIpc) is 2.25. The monoisotopic (exact) mass is 230 g/mol. The van der Waals surface area contributed by atoms with Crippen LogP contribution in [0.15, 0.2) is 0 Å². The normalized spacial score (nSPS) is 14.4. The molecule has 0 aliphatic rings. The maximum atomic E-state index is 11.6. The Hall–Kier alpha value is -1.10. The number of nitrogens with two attached hydrogens (primary N) is 1. The zero-order chi connectivity index (χ0) is 12.7. The first-order valence-corrected chi connectivity index (χ1v) is 5.50. The molecule has 0 saturated carbocycles. The number of hydrogen-bond acceptors (Lipinski definition) is 4. The van der Waals surface area contributed by atoms with Crippen molar-refractivity contribution in [3.63, 3.8) is 0 Å². The summed E-state index contributed by atoms with van der Waals surface area (Å²) in [5.41, 5.74) is 5.38. The van der Waals surface area contributed by atoms with Crippen LogP contribution < -0.4 is 11.1 Å². The lowest BCUT2D eigenvalue weighted by Gasteiger charge is -2.20. The smallest absolute Gasteiger partial charge is 0.328 e. The van der Waals surface area contributed by atoms with Crippen molar-refractivity contribution in [2.75, 3.05) is 13.7 Å². The van der Waals surface area contributed by atoms with Crippen LogP contribution in [0.3, 0.4) is 0 Å². The van der Waals surface area contributed by atoms with Crippen molar-refractivity contribution in [3.05, 3.63) is 0 Å². The Kier molecular flexibility index (Phi) is 6.72. The molecule has 0 fully saturated rings. The number of carbonyl (C=O) groups excluding carboxylic acids is 2. The van der Waals surface area contributed by atoms with Crippen molar-refractivity contribution in [2.24, 2.45) is 17.6 Å². The standard InChI is InChI=1S/C11H22N2O3/c1-7(2)5-9(11(15)16-4)13-10(14)8(3)6-12/h7-9H,5-6,12H2,1-4H3,(H,13,14)/t8?,9-/m0/s1. The molecule has 0 aromatic heterocycles. The van der Waals surface area contributed by atoms with Crippen molar-refractivity contribution in [2.45, 2.75) is 33.2 Å². The van der Waals surface area contributed by atoms with Gasteiger partial charge in [-0.1, -0.05) is 20.8 Å². The molecule has 0 rings (SSSR count). The molecule has 5 heteroatoms. The molecule has 1 unspecified atom stereocenters. The SMILES string of the molecule is COC(=O)[C@H](CC(C)C)NC(=O)C(C)CN. The molecule has 2 atom stereocenters. The van der Waals surface area contributed by atoms with E-state index in [4.69, 9.17) is 5.73 Å². The van der Waals surface area contributed by atoms with Crippen molar-refractivity contribution < 1.29 is 14.3 Å². The molecule has 0 aromatic rings. The van der Waals surface area contributed by atoms with Crippen LogP contribution >= 0.6 is 0 Å². The summed E-state index contributed by atoms with van der Waals surface area (Å²) >= 11 is 0. The van der Waals surface area contributed by atoms with Crippen LogP contribution in [0.1, 0.15) is 27.2 Å². The van der Waals surface area contributed by atoms with Gasteiger partial charge >= 0.3 is 5.97 Å². The van der Waals surface area contributed by atoms with Gasteiger partial charge in [0.25, 0.3) is 0 Å². The Morgan fingerprint density at radius 2 is 1.88 bits per heavy atom. The number of esters is 1. The number of rotatable bonds is 6. The summed E-state index contributed by atoms with van der Waals surface area (Å²) in [6.07, 6.45) is 0.565. The van der Waals surface area contributed by atoms with Gasteiger partial charge in [-0.15, -0.1) is 0 Å². The molecular weight excluding hydrogens is 208 g/mol. The third-order valence-electron chi connectivity index (χ3n) is 2.31. The number of amides is 1. The zero-order valence-corrected chi connectivity index (χ0v) is 10.4. The predicted octanol–water partition coefficient (Wildman–Crippen LogP) is 0.285. The molecule has 0 saturated heterocycles. The van der Waals surface area contributed by atoms with Crippen LogP contribution in [0.4, 0.5) is 0 Å². The molecule has 0 spiro atoms. The van der Waals surface area contributed by atoms with Gasteiger partial charge < -0.3 is 15.8 Å². The van der Waals surface area contributed by atoms with Crippen LogP contribution in [0.2, 0.25) is 0 Å². The molecule has 0 aliphatic carbocycles. The second-order valence-corrected chi connectivity index (χ2v) is 4.35. The molecule has 0 aliphatic heterocycles. The van der Waals surface area contributed by atoms with E-state index in [9.17, 15) is 9.59 Å². The van der Waals surface area contributed by atoms with E-state index in [1.54, 1.807) is 6.92 Å². The van der Waals surface area contributed by atoms with Gasteiger partial charge in [-0.05, 0) is 12.3 Å². The molecule has 0 aromatic carbocycles. The third-order valence-corrected chi connectivity index (χ3v) is 2.31. The van der Waals surface area contributed by atoms with E-state index in [0.29, 0.717) is 12.3 Å². The summed E-state index contributed by atoms with van der Waals surface area (Å²) < 4.78 is 4.64. The fourth-order valence-corrected chi connectivity index (χ4v) is 1.25. The minimum Gasteiger partial charge on any atom is -0.467 e. The fraction of sp³-hybridized carbons (Fsp3) is 0.818. The van der Waals surface area contributed by atoms with Crippen molar-refractivity contribution in [1.29, 1.82) is 0 Å². The minimum absolute atomic E-state index is 0.210. The van der Waals surface area contributed by atoms with E-state index >= 15 is 0 Å². The number of ether oxygens (including phenoxy) is 1. The molecule has 0 bridgehead atoms. The molecule has 5 nitrogen and oxygen atoms in total. The topological polar surface area (TPSA) is 81.4 Å². The van der Waals surface area contributed by atoms with Crippen molar-refractivity contribution >= 4 is 11.9 Å². The molecule has 3 N–H and O–H groups in total. The summed E-state index contributed by atoms with van der Waals surface area (Å²) in [5, 5.41) is 2.66. The summed E-state index contributed by atoms with van der Waals surface area (Å²) in [7, 11) is 1.31. The highest BCUT2D eigenvalue weighted by atomic mass is 16.5. The maximum Gasteiger partial charge on any atom is 0.328 e. The first kappa shape index (κ1) is 14.9. The van der Waals surface area contributed by atoms with Gasteiger partial charge in [0.05, 0.1) is 7.11 Å². The van der Waals surface area contributed by atoms with Gasteiger partial charge in [0.2, 0.25) is 5.91 Å². The Labute approximate surface area is 96.7 Å². The molecule has 0 heterocycles. The highest BCUT2D eigenvalue weighted by Crippen LogP contribution is 2.07. The quantitative estimate of drug-likeness (QED) is 0.642. The number of nitrogens with one attached hydrogen (secondary N) is 1. The zero-order valence-electron chi connectivity index (χ0n) is 10.4. The highest BCUT2D eigenvalue weighted by molar-refractivity contribution is 5.85. The van der Waals surface area contributed by atoms with Gasteiger partial charge in [0.15, 0.2) is 0 Å². The Morgan fingerprint density at radius 1 is 1.31 bits per heavy atom. The number of carbonyl (C=O) groups is 2. The fourth-order valence-electron chi connectivity index (χ4n) is 1.25. The largest absolute Gasteiger partial charge is 0.467 e. The van der Waals surface area contributed by atoms with Gasteiger partial charge in [-0.3, -0.25) is 4.79 Å². The summed E-state index contributed by atoms with van der Waals surface area (Å²) in [6, 6.07) is -0.577. The van der Waals surface area contributed by atoms with Crippen LogP contribution in [-0.2, 0) is 14.3 Å².